The van der Waals surface area contributed by atoms with Crippen molar-refractivity contribution < 1.29 is 5.11 Å². The van der Waals surface area contributed by atoms with Gasteiger partial charge in [0.25, 0.3) is 0 Å². The molecule has 60 valence electrons. The Bertz CT molecular complexity index is 250. The lowest BCUT2D eigenvalue weighted by Crippen LogP contribution is -2.27. The van der Waals surface area contributed by atoms with Crippen LogP contribution < -0.4 is 0 Å². The fourth-order valence-corrected chi connectivity index (χ4v) is 1.61. The van der Waals surface area contributed by atoms with E-state index in [2.05, 4.69) is 5.10 Å². The van der Waals surface area contributed by atoms with Gasteiger partial charge in [-0.25, -0.2) is 0 Å². The molecule has 0 aliphatic heterocycles. The van der Waals surface area contributed by atoms with Crippen LogP contribution in [0, 0.1) is 0 Å². The first kappa shape index (κ1) is 6.85. The molecule has 1 aromatic heterocycles. The number of hydrogen-bond acceptors (Lipinski definition) is 2. The first-order valence-corrected chi connectivity index (χ1v) is 3.93. The molecule has 0 aromatic carbocycles. The van der Waals surface area contributed by atoms with Crippen molar-refractivity contribution >= 4 is 0 Å². The molecule has 0 bridgehead atoms. The van der Waals surface area contributed by atoms with Gasteiger partial charge in [-0.05, 0) is 18.9 Å². The molecule has 0 amide bonds. The maximum atomic E-state index is 9.08. The third-order valence-electron chi connectivity index (χ3n) is 2.39. The molecule has 0 spiro atoms. The first-order chi connectivity index (χ1) is 5.27. The summed E-state index contributed by atoms with van der Waals surface area (Å²) in [7, 11) is 1.94. The average Bonchev–Trinajstić information content (AvgIpc) is 2.29. The lowest BCUT2D eigenvalue weighted by atomic mass is 9.80. The summed E-state index contributed by atoms with van der Waals surface area (Å²) in [5.41, 5.74) is 1.25. The summed E-state index contributed by atoms with van der Waals surface area (Å²) < 4.78 is 1.89. The van der Waals surface area contributed by atoms with Crippen LogP contribution in [-0.4, -0.2) is 21.0 Å². The summed E-state index contributed by atoms with van der Waals surface area (Å²) in [4.78, 5) is 0. The second kappa shape index (κ2) is 2.34. The number of aromatic nitrogens is 2. The van der Waals surface area contributed by atoms with Gasteiger partial charge in [0, 0.05) is 24.9 Å². The largest absolute Gasteiger partial charge is 0.393 e. The molecular formula is C8H12N2O. The zero-order valence-corrected chi connectivity index (χ0v) is 6.57. The Balaban J connectivity index is 2.12. The molecule has 3 heteroatoms. The van der Waals surface area contributed by atoms with Gasteiger partial charge >= 0.3 is 0 Å². The Morgan fingerprint density at radius 2 is 2.36 bits per heavy atom. The molecule has 1 saturated carbocycles. The van der Waals surface area contributed by atoms with E-state index in [1.165, 1.54) is 5.69 Å². The smallest absolute Gasteiger partial charge is 0.0553 e. The second-order valence-electron chi connectivity index (χ2n) is 3.20. The number of aryl methyl sites for hydroxylation is 1. The maximum absolute atomic E-state index is 9.08. The lowest BCUT2D eigenvalue weighted by molar-refractivity contribution is 0.0719. The van der Waals surface area contributed by atoms with Crippen molar-refractivity contribution in [3.63, 3.8) is 0 Å². The highest BCUT2D eigenvalue weighted by atomic mass is 16.3. The minimum atomic E-state index is -0.0742. The summed E-state index contributed by atoms with van der Waals surface area (Å²) in [6.07, 6.45) is 3.54. The summed E-state index contributed by atoms with van der Waals surface area (Å²) in [5, 5.41) is 13.2. The predicted molar refractivity (Wildman–Crippen MR) is 41.2 cm³/mol. The van der Waals surface area contributed by atoms with Crippen LogP contribution in [0.3, 0.4) is 0 Å². The molecule has 3 nitrogen and oxygen atoms in total. The van der Waals surface area contributed by atoms with E-state index in [1.807, 2.05) is 17.8 Å². The summed E-state index contributed by atoms with van der Waals surface area (Å²) in [5.74, 6) is 0.539. The molecule has 1 heterocycles. The summed E-state index contributed by atoms with van der Waals surface area (Å²) in [6.45, 7) is 0. The van der Waals surface area contributed by atoms with Crippen LogP contribution in [0.5, 0.6) is 0 Å². The monoisotopic (exact) mass is 152 g/mol. The zero-order chi connectivity index (χ0) is 7.84. The lowest BCUT2D eigenvalue weighted by Gasteiger charge is -2.31. The van der Waals surface area contributed by atoms with Gasteiger partial charge in [0.15, 0.2) is 0 Å². The average molecular weight is 152 g/mol. The van der Waals surface area contributed by atoms with E-state index in [4.69, 9.17) is 5.11 Å². The van der Waals surface area contributed by atoms with E-state index in [1.54, 1.807) is 6.20 Å². The van der Waals surface area contributed by atoms with Crippen molar-refractivity contribution in [3.05, 3.63) is 18.0 Å². The zero-order valence-electron chi connectivity index (χ0n) is 6.57. The Hall–Kier alpha value is -0.830. The molecular weight excluding hydrogens is 140 g/mol. The van der Waals surface area contributed by atoms with Crippen molar-refractivity contribution in [3.8, 4) is 0 Å². The van der Waals surface area contributed by atoms with Crippen LogP contribution in [0.1, 0.15) is 24.5 Å². The van der Waals surface area contributed by atoms with Gasteiger partial charge in [0.1, 0.15) is 0 Å². The molecule has 0 unspecified atom stereocenters. The Kier molecular flexibility index (Phi) is 1.46. The van der Waals surface area contributed by atoms with E-state index < -0.39 is 0 Å². The molecule has 1 aliphatic carbocycles. The molecule has 1 fully saturated rings. The fourth-order valence-electron chi connectivity index (χ4n) is 1.61. The minimum Gasteiger partial charge on any atom is -0.393 e. The normalized spacial score (nSPS) is 30.0. The van der Waals surface area contributed by atoms with Gasteiger partial charge in [-0.15, -0.1) is 0 Å². The van der Waals surface area contributed by atoms with Crippen LogP contribution in [0.2, 0.25) is 0 Å². The van der Waals surface area contributed by atoms with Crippen molar-refractivity contribution in [2.75, 3.05) is 0 Å². The van der Waals surface area contributed by atoms with Crippen LogP contribution in [-0.2, 0) is 7.05 Å². The molecule has 1 N–H and O–H groups in total. The molecule has 1 aromatic rings. The highest BCUT2D eigenvalue weighted by molar-refractivity contribution is 5.12. The van der Waals surface area contributed by atoms with Gasteiger partial charge in [-0.1, -0.05) is 0 Å². The third-order valence-corrected chi connectivity index (χ3v) is 2.39. The Morgan fingerprint density at radius 1 is 1.64 bits per heavy atom. The van der Waals surface area contributed by atoms with E-state index in [0.29, 0.717) is 5.92 Å². The molecule has 0 atom stereocenters. The SMILES string of the molecule is Cn1nccc1C1CC(O)C1. The van der Waals surface area contributed by atoms with Crippen molar-refractivity contribution in [2.24, 2.45) is 7.05 Å². The Labute approximate surface area is 65.7 Å². The first-order valence-electron chi connectivity index (χ1n) is 3.93. The van der Waals surface area contributed by atoms with E-state index in [-0.39, 0.29) is 6.10 Å². The van der Waals surface area contributed by atoms with Crippen LogP contribution in [0.15, 0.2) is 12.3 Å². The summed E-state index contributed by atoms with van der Waals surface area (Å²) in [6, 6.07) is 2.02. The van der Waals surface area contributed by atoms with Crippen LogP contribution >= 0.6 is 0 Å². The van der Waals surface area contributed by atoms with E-state index >= 15 is 0 Å². The Morgan fingerprint density at radius 3 is 2.82 bits per heavy atom. The van der Waals surface area contributed by atoms with Gasteiger partial charge in [0.05, 0.1) is 6.10 Å². The van der Waals surface area contributed by atoms with Crippen LogP contribution in [0.4, 0.5) is 0 Å². The van der Waals surface area contributed by atoms with Crippen molar-refractivity contribution in [1.82, 2.24) is 9.78 Å². The topological polar surface area (TPSA) is 38.0 Å². The quantitative estimate of drug-likeness (QED) is 0.642. The van der Waals surface area contributed by atoms with Crippen molar-refractivity contribution in [2.45, 2.75) is 24.9 Å². The minimum absolute atomic E-state index is 0.0742. The number of aliphatic hydroxyl groups excluding tert-OH is 1. The standard InChI is InChI=1S/C8H12N2O/c1-10-8(2-3-9-10)6-4-7(11)5-6/h2-3,6-7,11H,4-5H2,1H3. The maximum Gasteiger partial charge on any atom is 0.0553 e. The highest BCUT2D eigenvalue weighted by Gasteiger charge is 2.30. The van der Waals surface area contributed by atoms with E-state index in [0.717, 1.165) is 12.8 Å². The number of hydrogen-bond donors (Lipinski definition) is 1. The van der Waals surface area contributed by atoms with Gasteiger partial charge in [0.2, 0.25) is 0 Å². The highest BCUT2D eigenvalue weighted by Crippen LogP contribution is 2.35. The second-order valence-corrected chi connectivity index (χ2v) is 3.20. The van der Waals surface area contributed by atoms with E-state index in [9.17, 15) is 0 Å². The molecule has 2 rings (SSSR count). The molecule has 11 heavy (non-hydrogen) atoms. The third kappa shape index (κ3) is 1.05. The van der Waals surface area contributed by atoms with Gasteiger partial charge < -0.3 is 5.11 Å². The fraction of sp³-hybridized carbons (Fsp3) is 0.625. The number of aliphatic hydroxyl groups is 1. The van der Waals surface area contributed by atoms with Gasteiger partial charge in [-0.3, -0.25) is 4.68 Å². The predicted octanol–water partition coefficient (Wildman–Crippen LogP) is 0.658. The van der Waals surface area contributed by atoms with Crippen molar-refractivity contribution in [1.29, 1.82) is 0 Å². The summed E-state index contributed by atoms with van der Waals surface area (Å²) >= 11 is 0. The molecule has 0 radical (unpaired) electrons. The van der Waals surface area contributed by atoms with Crippen LogP contribution in [0.25, 0.3) is 0 Å². The van der Waals surface area contributed by atoms with Gasteiger partial charge in [-0.2, -0.15) is 5.10 Å². The number of nitrogens with zero attached hydrogens (tertiary/aromatic N) is 2. The molecule has 1 aliphatic rings. The molecule has 0 saturated heterocycles. The number of rotatable bonds is 1.